The Labute approximate surface area is 163 Å². The summed E-state index contributed by atoms with van der Waals surface area (Å²) in [6, 6.07) is 6.99. The molecule has 0 spiro atoms. The molecule has 27 heavy (non-hydrogen) atoms. The van der Waals surface area contributed by atoms with Gasteiger partial charge in [0.2, 0.25) is 5.95 Å². The molecule has 1 aromatic heterocycles. The SMILES string of the molecule is Nc1nc(N2CCN(C(=O)Nc3ccc(Cl)cc3)CC2)nc2c1CCCC2. The third-order valence-corrected chi connectivity index (χ3v) is 5.40. The highest BCUT2D eigenvalue weighted by Gasteiger charge is 2.24. The molecule has 0 radical (unpaired) electrons. The molecule has 8 heteroatoms. The number of hydrogen-bond acceptors (Lipinski definition) is 5. The molecule has 1 saturated heterocycles. The Morgan fingerprint density at radius 2 is 1.74 bits per heavy atom. The maximum absolute atomic E-state index is 12.5. The zero-order valence-electron chi connectivity index (χ0n) is 15.1. The van der Waals surface area contributed by atoms with Gasteiger partial charge in [0.15, 0.2) is 0 Å². The lowest BCUT2D eigenvalue weighted by Crippen LogP contribution is -2.50. The van der Waals surface area contributed by atoms with Crippen LogP contribution in [0.5, 0.6) is 0 Å². The Kier molecular flexibility index (Phi) is 5.03. The van der Waals surface area contributed by atoms with Crippen LogP contribution >= 0.6 is 11.6 Å². The van der Waals surface area contributed by atoms with Crippen molar-refractivity contribution >= 4 is 35.1 Å². The highest BCUT2D eigenvalue weighted by Crippen LogP contribution is 2.26. The van der Waals surface area contributed by atoms with E-state index in [0.29, 0.717) is 43.0 Å². The number of nitrogens with zero attached hydrogens (tertiary/aromatic N) is 4. The van der Waals surface area contributed by atoms with Gasteiger partial charge in [0, 0.05) is 42.5 Å². The molecule has 142 valence electrons. The second kappa shape index (κ2) is 7.60. The normalized spacial score (nSPS) is 16.8. The van der Waals surface area contributed by atoms with Crippen molar-refractivity contribution in [2.45, 2.75) is 25.7 Å². The summed E-state index contributed by atoms with van der Waals surface area (Å²) in [5.74, 6) is 1.29. The number of nitrogens with one attached hydrogen (secondary N) is 1. The average Bonchev–Trinajstić information content (AvgIpc) is 2.70. The molecule has 2 aromatic rings. The van der Waals surface area contributed by atoms with E-state index < -0.39 is 0 Å². The van der Waals surface area contributed by atoms with E-state index in [0.717, 1.165) is 42.6 Å². The standard InChI is InChI=1S/C19H23ClN6O/c20-13-5-7-14(8-6-13)22-19(27)26-11-9-25(10-12-26)18-23-16-4-2-1-3-15(16)17(21)24-18/h5-8H,1-4,9-12H2,(H,22,27)(H2,21,23,24). The van der Waals surface area contributed by atoms with E-state index in [2.05, 4.69) is 15.2 Å². The van der Waals surface area contributed by atoms with Crippen LogP contribution in [0.2, 0.25) is 5.02 Å². The Morgan fingerprint density at radius 3 is 2.48 bits per heavy atom. The molecule has 7 nitrogen and oxygen atoms in total. The Bertz CT molecular complexity index is 833. The second-order valence-electron chi connectivity index (χ2n) is 6.95. The van der Waals surface area contributed by atoms with Crippen LogP contribution in [0.15, 0.2) is 24.3 Å². The van der Waals surface area contributed by atoms with Crippen LogP contribution in [0.3, 0.4) is 0 Å². The summed E-state index contributed by atoms with van der Waals surface area (Å²) in [6.45, 7) is 2.60. The Morgan fingerprint density at radius 1 is 1.04 bits per heavy atom. The maximum atomic E-state index is 12.5. The lowest BCUT2D eigenvalue weighted by Gasteiger charge is -2.35. The van der Waals surface area contributed by atoms with Crippen molar-refractivity contribution in [3.8, 4) is 0 Å². The Balaban J connectivity index is 1.38. The van der Waals surface area contributed by atoms with Crippen LogP contribution in [-0.2, 0) is 12.8 Å². The van der Waals surface area contributed by atoms with Gasteiger partial charge in [-0.2, -0.15) is 4.98 Å². The summed E-state index contributed by atoms with van der Waals surface area (Å²) < 4.78 is 0. The molecule has 3 N–H and O–H groups in total. The minimum absolute atomic E-state index is 0.108. The van der Waals surface area contributed by atoms with Crippen molar-refractivity contribution < 1.29 is 4.79 Å². The first kappa shape index (κ1) is 17.9. The van der Waals surface area contributed by atoms with Gasteiger partial charge in [0.25, 0.3) is 0 Å². The van der Waals surface area contributed by atoms with Crippen molar-refractivity contribution in [2.24, 2.45) is 0 Å². The quantitative estimate of drug-likeness (QED) is 0.828. The molecule has 4 rings (SSSR count). The minimum atomic E-state index is -0.108. The third kappa shape index (κ3) is 3.93. The van der Waals surface area contributed by atoms with Crippen LogP contribution in [-0.4, -0.2) is 47.1 Å². The molecule has 1 aliphatic heterocycles. The van der Waals surface area contributed by atoms with Crippen molar-refractivity contribution in [3.63, 3.8) is 0 Å². The predicted octanol–water partition coefficient (Wildman–Crippen LogP) is 2.95. The van der Waals surface area contributed by atoms with Crippen molar-refractivity contribution in [2.75, 3.05) is 42.1 Å². The number of piperazine rings is 1. The van der Waals surface area contributed by atoms with Gasteiger partial charge < -0.3 is 20.9 Å². The van der Waals surface area contributed by atoms with E-state index in [1.54, 1.807) is 29.2 Å². The number of halogens is 1. The number of aryl methyl sites for hydroxylation is 1. The lowest BCUT2D eigenvalue weighted by atomic mass is 9.96. The monoisotopic (exact) mass is 386 g/mol. The molecule has 0 saturated carbocycles. The zero-order chi connectivity index (χ0) is 18.8. The van der Waals surface area contributed by atoms with Crippen molar-refractivity contribution in [3.05, 3.63) is 40.5 Å². The fraction of sp³-hybridized carbons (Fsp3) is 0.421. The largest absolute Gasteiger partial charge is 0.383 e. The summed E-state index contributed by atoms with van der Waals surface area (Å²) in [5, 5.41) is 3.55. The first-order valence-corrected chi connectivity index (χ1v) is 9.69. The van der Waals surface area contributed by atoms with E-state index in [1.807, 2.05) is 0 Å². The second-order valence-corrected chi connectivity index (χ2v) is 7.39. The number of aromatic nitrogens is 2. The number of benzene rings is 1. The highest BCUT2D eigenvalue weighted by molar-refractivity contribution is 6.30. The number of fused-ring (bicyclic) bond motifs is 1. The summed E-state index contributed by atoms with van der Waals surface area (Å²) >= 11 is 5.88. The van der Waals surface area contributed by atoms with E-state index >= 15 is 0 Å². The van der Waals surface area contributed by atoms with Gasteiger partial charge in [-0.25, -0.2) is 9.78 Å². The van der Waals surface area contributed by atoms with Gasteiger partial charge in [-0.3, -0.25) is 0 Å². The van der Waals surface area contributed by atoms with Crippen LogP contribution < -0.4 is 16.0 Å². The molecule has 0 unspecified atom stereocenters. The van der Waals surface area contributed by atoms with E-state index in [4.69, 9.17) is 22.3 Å². The molecule has 0 bridgehead atoms. The molecule has 2 aliphatic rings. The Hall–Kier alpha value is -2.54. The molecule has 1 aromatic carbocycles. The minimum Gasteiger partial charge on any atom is -0.383 e. The lowest BCUT2D eigenvalue weighted by molar-refractivity contribution is 0.208. The topological polar surface area (TPSA) is 87.4 Å². The van der Waals surface area contributed by atoms with Gasteiger partial charge in [-0.05, 0) is 49.9 Å². The van der Waals surface area contributed by atoms with Gasteiger partial charge in [0.05, 0.1) is 5.69 Å². The van der Waals surface area contributed by atoms with E-state index in [9.17, 15) is 4.79 Å². The van der Waals surface area contributed by atoms with Crippen molar-refractivity contribution in [1.82, 2.24) is 14.9 Å². The zero-order valence-corrected chi connectivity index (χ0v) is 15.9. The van der Waals surface area contributed by atoms with Gasteiger partial charge >= 0.3 is 6.03 Å². The molecule has 2 heterocycles. The number of nitrogen functional groups attached to an aromatic ring is 1. The number of rotatable bonds is 2. The molecule has 0 atom stereocenters. The van der Waals surface area contributed by atoms with Crippen LogP contribution in [0.25, 0.3) is 0 Å². The molecular formula is C19H23ClN6O. The first-order valence-electron chi connectivity index (χ1n) is 9.32. The summed E-state index contributed by atoms with van der Waals surface area (Å²) in [7, 11) is 0. The molecule has 2 amide bonds. The molecular weight excluding hydrogens is 364 g/mol. The van der Waals surface area contributed by atoms with Crippen LogP contribution in [0, 0.1) is 0 Å². The number of carbonyl (C=O) groups excluding carboxylic acids is 1. The van der Waals surface area contributed by atoms with Crippen LogP contribution in [0.1, 0.15) is 24.1 Å². The maximum Gasteiger partial charge on any atom is 0.321 e. The summed E-state index contributed by atoms with van der Waals surface area (Å²) in [4.78, 5) is 25.6. The number of anilines is 3. The summed E-state index contributed by atoms with van der Waals surface area (Å²) in [6.07, 6.45) is 4.25. The smallest absolute Gasteiger partial charge is 0.321 e. The van der Waals surface area contributed by atoms with Crippen LogP contribution in [0.4, 0.5) is 22.2 Å². The number of nitrogens with two attached hydrogens (primary N) is 1. The van der Waals surface area contributed by atoms with E-state index in [1.165, 1.54) is 0 Å². The number of urea groups is 1. The molecule has 1 fully saturated rings. The number of carbonyl (C=O) groups is 1. The molecule has 1 aliphatic carbocycles. The summed E-state index contributed by atoms with van der Waals surface area (Å²) in [5.41, 5.74) is 9.10. The van der Waals surface area contributed by atoms with Gasteiger partial charge in [0.1, 0.15) is 5.82 Å². The first-order chi connectivity index (χ1) is 13.1. The highest BCUT2D eigenvalue weighted by atomic mass is 35.5. The predicted molar refractivity (Wildman–Crippen MR) is 107 cm³/mol. The third-order valence-electron chi connectivity index (χ3n) is 5.15. The number of amides is 2. The number of hydrogen-bond donors (Lipinski definition) is 2. The fourth-order valence-electron chi connectivity index (χ4n) is 3.60. The fourth-order valence-corrected chi connectivity index (χ4v) is 3.72. The van der Waals surface area contributed by atoms with E-state index in [-0.39, 0.29) is 6.03 Å². The average molecular weight is 387 g/mol. The van der Waals surface area contributed by atoms with Gasteiger partial charge in [-0.15, -0.1) is 0 Å². The van der Waals surface area contributed by atoms with Crippen molar-refractivity contribution in [1.29, 1.82) is 0 Å². The van der Waals surface area contributed by atoms with Gasteiger partial charge in [-0.1, -0.05) is 11.6 Å².